The maximum Gasteiger partial charge on any atom is 0.0571 e. The lowest BCUT2D eigenvalue weighted by atomic mass is 9.83. The van der Waals surface area contributed by atoms with Crippen LogP contribution in [-0.2, 0) is 11.2 Å². The molecule has 1 saturated carbocycles. The van der Waals surface area contributed by atoms with Gasteiger partial charge in [-0.15, -0.1) is 0 Å². The van der Waals surface area contributed by atoms with Crippen LogP contribution in [-0.4, -0.2) is 13.2 Å². The topological polar surface area (TPSA) is 9.23 Å². The number of methoxy groups -OCH3 is 1. The number of hydrogen-bond acceptors (Lipinski definition) is 1. The van der Waals surface area contributed by atoms with Crippen LogP contribution < -0.4 is 0 Å². The Labute approximate surface area is 92.5 Å². The minimum atomic E-state index is 0.525. The van der Waals surface area contributed by atoms with Crippen LogP contribution >= 0.6 is 0 Å². The molecule has 15 heavy (non-hydrogen) atoms. The number of ether oxygens (including phenoxy) is 1. The highest BCUT2D eigenvalue weighted by atomic mass is 16.5. The summed E-state index contributed by atoms with van der Waals surface area (Å²) in [7, 11) is 1.84. The molecule has 1 fully saturated rings. The molecule has 0 bridgehead atoms. The molecule has 1 nitrogen and oxygen atoms in total. The lowest BCUT2D eigenvalue weighted by Crippen LogP contribution is -2.21. The molecule has 0 aliphatic heterocycles. The second kappa shape index (κ2) is 5.32. The lowest BCUT2D eigenvalue weighted by molar-refractivity contribution is 0.0568. The van der Waals surface area contributed by atoms with Crippen molar-refractivity contribution in [1.29, 1.82) is 0 Å². The van der Waals surface area contributed by atoms with Gasteiger partial charge in [-0.05, 0) is 43.6 Å². The second-order valence-corrected chi connectivity index (χ2v) is 4.57. The number of rotatable bonds is 3. The van der Waals surface area contributed by atoms with Gasteiger partial charge in [0.1, 0.15) is 0 Å². The summed E-state index contributed by atoms with van der Waals surface area (Å²) in [6, 6.07) is 10.8. The number of hydrogen-bond donors (Lipinski definition) is 0. The van der Waals surface area contributed by atoms with Crippen molar-refractivity contribution in [3.63, 3.8) is 0 Å². The quantitative estimate of drug-likeness (QED) is 0.733. The molecule has 2 rings (SSSR count). The van der Waals surface area contributed by atoms with Crippen molar-refractivity contribution >= 4 is 0 Å². The van der Waals surface area contributed by atoms with Crippen molar-refractivity contribution in [2.45, 2.75) is 38.2 Å². The minimum absolute atomic E-state index is 0.525. The number of benzene rings is 1. The minimum Gasteiger partial charge on any atom is -0.381 e. The molecule has 1 aromatic carbocycles. The highest BCUT2D eigenvalue weighted by molar-refractivity contribution is 5.15. The van der Waals surface area contributed by atoms with Crippen LogP contribution in [0.5, 0.6) is 0 Å². The molecule has 0 unspecified atom stereocenters. The summed E-state index contributed by atoms with van der Waals surface area (Å²) < 4.78 is 5.39. The van der Waals surface area contributed by atoms with Crippen molar-refractivity contribution < 1.29 is 4.74 Å². The first-order valence-electron chi connectivity index (χ1n) is 5.95. The summed E-state index contributed by atoms with van der Waals surface area (Å²) in [4.78, 5) is 0. The molecule has 1 aliphatic carbocycles. The van der Waals surface area contributed by atoms with E-state index >= 15 is 0 Å². The first kappa shape index (κ1) is 10.7. The standard InChI is InChI=1S/C14H20O/c1-15-14-9-7-13(8-10-14)11-12-5-3-2-4-6-12/h2-6,13-14H,7-11H2,1H3. The van der Waals surface area contributed by atoms with Gasteiger partial charge in [0.05, 0.1) is 6.10 Å². The molecule has 1 aliphatic rings. The molecule has 0 aromatic heterocycles. The van der Waals surface area contributed by atoms with Gasteiger partial charge in [-0.25, -0.2) is 0 Å². The van der Waals surface area contributed by atoms with Crippen molar-refractivity contribution in [3.05, 3.63) is 35.9 Å². The van der Waals surface area contributed by atoms with E-state index in [4.69, 9.17) is 4.74 Å². The summed E-state index contributed by atoms with van der Waals surface area (Å²) in [6.07, 6.45) is 6.91. The van der Waals surface area contributed by atoms with E-state index < -0.39 is 0 Å². The molecular weight excluding hydrogens is 184 g/mol. The zero-order chi connectivity index (χ0) is 10.5. The van der Waals surface area contributed by atoms with Crippen molar-refractivity contribution in [2.75, 3.05) is 7.11 Å². The SMILES string of the molecule is COC1CCC(Cc2ccccc2)CC1. The maximum absolute atomic E-state index is 5.39. The molecule has 82 valence electrons. The Morgan fingerprint density at radius 3 is 2.33 bits per heavy atom. The van der Waals surface area contributed by atoms with Crippen molar-refractivity contribution in [3.8, 4) is 0 Å². The molecular formula is C14H20O. The second-order valence-electron chi connectivity index (χ2n) is 4.57. The van der Waals surface area contributed by atoms with Crippen LogP contribution in [0.1, 0.15) is 31.2 Å². The molecule has 1 aromatic rings. The van der Waals surface area contributed by atoms with Crippen molar-refractivity contribution in [1.82, 2.24) is 0 Å². The third kappa shape index (κ3) is 3.07. The fourth-order valence-corrected chi connectivity index (χ4v) is 2.52. The van der Waals surface area contributed by atoms with Crippen LogP contribution in [0.3, 0.4) is 0 Å². The Bertz CT molecular complexity index is 273. The van der Waals surface area contributed by atoms with Gasteiger partial charge in [0.2, 0.25) is 0 Å². The predicted octanol–water partition coefficient (Wildman–Crippen LogP) is 3.43. The monoisotopic (exact) mass is 204 g/mol. The highest BCUT2D eigenvalue weighted by Crippen LogP contribution is 2.28. The summed E-state index contributed by atoms with van der Waals surface area (Å²) in [5, 5.41) is 0. The molecule has 0 spiro atoms. The summed E-state index contributed by atoms with van der Waals surface area (Å²) in [6.45, 7) is 0. The van der Waals surface area contributed by atoms with Crippen LogP contribution in [0.25, 0.3) is 0 Å². The largest absolute Gasteiger partial charge is 0.381 e. The Kier molecular flexibility index (Phi) is 3.79. The van der Waals surface area contributed by atoms with E-state index in [1.165, 1.54) is 37.7 Å². The first-order chi connectivity index (χ1) is 7.38. The van der Waals surface area contributed by atoms with Gasteiger partial charge in [-0.2, -0.15) is 0 Å². The van der Waals surface area contributed by atoms with Crippen LogP contribution in [0.4, 0.5) is 0 Å². The average molecular weight is 204 g/mol. The predicted molar refractivity (Wildman–Crippen MR) is 62.9 cm³/mol. The Morgan fingerprint density at radius 1 is 1.07 bits per heavy atom. The Morgan fingerprint density at radius 2 is 1.73 bits per heavy atom. The van der Waals surface area contributed by atoms with Gasteiger partial charge in [0, 0.05) is 7.11 Å². The highest BCUT2D eigenvalue weighted by Gasteiger charge is 2.20. The van der Waals surface area contributed by atoms with E-state index in [-0.39, 0.29) is 0 Å². The van der Waals surface area contributed by atoms with Gasteiger partial charge in [-0.1, -0.05) is 30.3 Å². The third-order valence-corrected chi connectivity index (χ3v) is 3.49. The molecule has 0 atom stereocenters. The lowest BCUT2D eigenvalue weighted by Gasteiger charge is -2.27. The van der Waals surface area contributed by atoms with E-state index in [1.54, 1.807) is 0 Å². The zero-order valence-corrected chi connectivity index (χ0v) is 9.49. The normalized spacial score (nSPS) is 26.5. The van der Waals surface area contributed by atoms with Crippen LogP contribution in [0.15, 0.2) is 30.3 Å². The third-order valence-electron chi connectivity index (χ3n) is 3.49. The average Bonchev–Trinajstić information content (AvgIpc) is 2.31. The van der Waals surface area contributed by atoms with Crippen LogP contribution in [0.2, 0.25) is 0 Å². The maximum atomic E-state index is 5.39. The van der Waals surface area contributed by atoms with Gasteiger partial charge < -0.3 is 4.74 Å². The Hall–Kier alpha value is -0.820. The first-order valence-corrected chi connectivity index (χ1v) is 5.95. The molecule has 0 amide bonds. The van der Waals surface area contributed by atoms with Gasteiger partial charge in [-0.3, -0.25) is 0 Å². The van der Waals surface area contributed by atoms with Crippen molar-refractivity contribution in [2.24, 2.45) is 5.92 Å². The Balaban J connectivity index is 1.82. The molecule has 1 heteroatoms. The summed E-state index contributed by atoms with van der Waals surface area (Å²) >= 11 is 0. The van der Waals surface area contributed by atoms with Gasteiger partial charge in [0.15, 0.2) is 0 Å². The fraction of sp³-hybridized carbons (Fsp3) is 0.571. The van der Waals surface area contributed by atoms with E-state index in [2.05, 4.69) is 30.3 Å². The zero-order valence-electron chi connectivity index (χ0n) is 9.49. The fourth-order valence-electron chi connectivity index (χ4n) is 2.52. The smallest absolute Gasteiger partial charge is 0.0571 e. The molecule has 0 saturated heterocycles. The van der Waals surface area contributed by atoms with Gasteiger partial charge >= 0.3 is 0 Å². The van der Waals surface area contributed by atoms with E-state index in [0.29, 0.717) is 6.10 Å². The van der Waals surface area contributed by atoms with E-state index in [0.717, 1.165) is 5.92 Å². The van der Waals surface area contributed by atoms with Crippen LogP contribution in [0, 0.1) is 5.92 Å². The summed E-state index contributed by atoms with van der Waals surface area (Å²) in [5.74, 6) is 0.874. The van der Waals surface area contributed by atoms with E-state index in [9.17, 15) is 0 Å². The van der Waals surface area contributed by atoms with Gasteiger partial charge in [0.25, 0.3) is 0 Å². The molecule has 0 heterocycles. The van der Waals surface area contributed by atoms with E-state index in [1.807, 2.05) is 7.11 Å². The molecule has 0 N–H and O–H groups in total. The molecule has 0 radical (unpaired) electrons. The summed E-state index contributed by atoms with van der Waals surface area (Å²) in [5.41, 5.74) is 1.48.